The molecular formula is C15H23NOS. The quantitative estimate of drug-likeness (QED) is 0.779. The van der Waals surface area contributed by atoms with E-state index in [1.165, 1.54) is 21.7 Å². The van der Waals surface area contributed by atoms with Gasteiger partial charge in [0.1, 0.15) is 0 Å². The van der Waals surface area contributed by atoms with Gasteiger partial charge in [0.05, 0.1) is 10.6 Å². The first-order valence-electron chi connectivity index (χ1n) is 6.28. The molecule has 2 rings (SSSR count). The highest BCUT2D eigenvalue weighted by Crippen LogP contribution is 2.31. The van der Waals surface area contributed by atoms with Crippen LogP contribution in [0.15, 0.2) is 23.2 Å². The van der Waals surface area contributed by atoms with Crippen molar-refractivity contribution in [3.63, 3.8) is 0 Å². The van der Waals surface area contributed by atoms with Gasteiger partial charge >= 0.3 is 0 Å². The van der Waals surface area contributed by atoms with Crippen LogP contribution in [0, 0.1) is 6.92 Å². The zero-order chi connectivity index (χ0) is 13.8. The van der Waals surface area contributed by atoms with Gasteiger partial charge in [-0.25, -0.2) is 0 Å². The van der Waals surface area contributed by atoms with Crippen molar-refractivity contribution >= 4 is 16.8 Å². The number of aliphatic imine (C=N–C) groups is 1. The Labute approximate surface area is 115 Å². The third-order valence-electron chi connectivity index (χ3n) is 2.85. The second-order valence-electron chi connectivity index (χ2n) is 5.03. The lowest BCUT2D eigenvalue weighted by atomic mass is 9.87. The van der Waals surface area contributed by atoms with Crippen molar-refractivity contribution in [1.29, 1.82) is 0 Å². The molecule has 0 bridgehead atoms. The molecule has 1 heterocycles. The van der Waals surface area contributed by atoms with E-state index in [4.69, 9.17) is 10.1 Å². The summed E-state index contributed by atoms with van der Waals surface area (Å²) in [5.41, 5.74) is 4.25. The van der Waals surface area contributed by atoms with Gasteiger partial charge in [-0.15, -0.1) is 11.8 Å². The first-order valence-corrected chi connectivity index (χ1v) is 7.51. The van der Waals surface area contributed by atoms with Crippen LogP contribution in [0.3, 0.4) is 0 Å². The van der Waals surface area contributed by atoms with E-state index in [2.05, 4.69) is 45.2 Å². The maximum Gasteiger partial charge on any atom is 0.0983 e. The second-order valence-corrected chi connectivity index (χ2v) is 5.82. The minimum absolute atomic E-state index is 0.0530. The highest BCUT2D eigenvalue weighted by molar-refractivity contribution is 8.13. The molecule has 18 heavy (non-hydrogen) atoms. The molecule has 1 N–H and O–H groups in total. The van der Waals surface area contributed by atoms with Gasteiger partial charge in [-0.1, -0.05) is 18.2 Å². The molecule has 100 valence electrons. The zero-order valence-corrected chi connectivity index (χ0v) is 12.8. The molecule has 0 fully saturated rings. The molecule has 2 nitrogen and oxygen atoms in total. The maximum atomic E-state index is 7.57. The van der Waals surface area contributed by atoms with Crippen LogP contribution in [0.4, 0.5) is 0 Å². The Kier molecular flexibility index (Phi) is 5.42. The molecule has 0 saturated carbocycles. The Morgan fingerprint density at radius 3 is 2.56 bits per heavy atom. The van der Waals surface area contributed by atoms with E-state index >= 15 is 0 Å². The van der Waals surface area contributed by atoms with Crippen molar-refractivity contribution in [2.24, 2.45) is 4.99 Å². The van der Waals surface area contributed by atoms with E-state index in [1.54, 1.807) is 18.7 Å². The number of benzene rings is 1. The Morgan fingerprint density at radius 1 is 1.39 bits per heavy atom. The summed E-state index contributed by atoms with van der Waals surface area (Å²) in [7, 11) is 0. The minimum Gasteiger partial charge on any atom is -0.397 e. The Balaban J connectivity index is 0.000000492. The number of nitrogens with zero attached hydrogens (tertiary/aromatic N) is 1. The van der Waals surface area contributed by atoms with Gasteiger partial charge < -0.3 is 5.11 Å². The molecule has 0 radical (unpaired) electrons. The summed E-state index contributed by atoms with van der Waals surface area (Å²) in [4.78, 5) is 4.79. The molecule has 1 aliphatic heterocycles. The number of hydrogen-bond acceptors (Lipinski definition) is 3. The number of rotatable bonds is 0. The molecule has 1 aromatic carbocycles. The topological polar surface area (TPSA) is 32.6 Å². The fraction of sp³-hybridized carbons (Fsp3) is 0.533. The van der Waals surface area contributed by atoms with Crippen LogP contribution in [0.2, 0.25) is 0 Å². The molecule has 0 saturated heterocycles. The van der Waals surface area contributed by atoms with E-state index in [0.29, 0.717) is 0 Å². The summed E-state index contributed by atoms with van der Waals surface area (Å²) in [5, 5.41) is 8.75. The number of fused-ring (bicyclic) bond motifs is 1. The summed E-state index contributed by atoms with van der Waals surface area (Å²) in [5.74, 6) is 0. The van der Waals surface area contributed by atoms with Crippen LogP contribution in [-0.2, 0) is 6.42 Å². The zero-order valence-electron chi connectivity index (χ0n) is 11.9. The molecule has 0 amide bonds. The number of aliphatic hydroxyl groups excluding tert-OH is 1. The fourth-order valence-corrected chi connectivity index (χ4v) is 2.85. The molecule has 1 aromatic rings. The Hall–Kier alpha value is -0.800. The van der Waals surface area contributed by atoms with Gasteiger partial charge in [-0.2, -0.15) is 0 Å². The largest absolute Gasteiger partial charge is 0.397 e. The Morgan fingerprint density at radius 2 is 2.00 bits per heavy atom. The van der Waals surface area contributed by atoms with Crippen molar-refractivity contribution in [1.82, 2.24) is 0 Å². The minimum atomic E-state index is 0.0530. The van der Waals surface area contributed by atoms with E-state index in [1.807, 2.05) is 0 Å². The van der Waals surface area contributed by atoms with Crippen molar-refractivity contribution < 1.29 is 5.11 Å². The summed E-state index contributed by atoms with van der Waals surface area (Å²) in [6.07, 6.45) is 3.16. The first kappa shape index (κ1) is 15.3. The van der Waals surface area contributed by atoms with Crippen molar-refractivity contribution in [3.8, 4) is 0 Å². The van der Waals surface area contributed by atoms with Crippen LogP contribution in [-0.4, -0.2) is 28.6 Å². The molecule has 0 atom stereocenters. The predicted molar refractivity (Wildman–Crippen MR) is 81.8 cm³/mol. The van der Waals surface area contributed by atoms with Crippen LogP contribution in [0.5, 0.6) is 0 Å². The van der Waals surface area contributed by atoms with Gasteiger partial charge in [-0.3, -0.25) is 4.99 Å². The fourth-order valence-electron chi connectivity index (χ4n) is 2.10. The highest BCUT2D eigenvalue weighted by Gasteiger charge is 2.27. The monoisotopic (exact) mass is 265 g/mol. The molecule has 0 aromatic heterocycles. The van der Waals surface area contributed by atoms with Gasteiger partial charge in [0, 0.05) is 12.2 Å². The van der Waals surface area contributed by atoms with E-state index in [0.717, 1.165) is 6.42 Å². The van der Waals surface area contributed by atoms with E-state index < -0.39 is 0 Å². The van der Waals surface area contributed by atoms with Crippen molar-refractivity contribution in [2.75, 3.05) is 12.9 Å². The highest BCUT2D eigenvalue weighted by atomic mass is 32.2. The molecule has 3 heteroatoms. The molecule has 0 aliphatic carbocycles. The molecule has 0 spiro atoms. The smallest absolute Gasteiger partial charge is 0.0983 e. The van der Waals surface area contributed by atoms with Crippen LogP contribution >= 0.6 is 11.8 Å². The third kappa shape index (κ3) is 3.59. The summed E-state index contributed by atoms with van der Waals surface area (Å²) in [6.45, 7) is 8.54. The van der Waals surface area contributed by atoms with Gasteiger partial charge in [0.15, 0.2) is 0 Å². The number of thioether (sulfide) groups is 1. The van der Waals surface area contributed by atoms with Gasteiger partial charge in [0.25, 0.3) is 0 Å². The van der Waals surface area contributed by atoms with Crippen LogP contribution < -0.4 is 0 Å². The standard InChI is InChI=1S/C13H17NS.C2H6O/c1-9-6-5-7-10-11(9)8-13(2,3)14-12(10)15-4;1-2-3/h5-7H,8H2,1-4H3;3H,2H2,1H3. The number of hydrogen-bond donors (Lipinski definition) is 1. The number of aryl methyl sites for hydroxylation is 1. The second kappa shape index (κ2) is 6.39. The average molecular weight is 265 g/mol. The van der Waals surface area contributed by atoms with Gasteiger partial charge in [-0.05, 0) is 51.5 Å². The predicted octanol–water partition coefficient (Wildman–Crippen LogP) is 3.44. The van der Waals surface area contributed by atoms with Gasteiger partial charge in [0.2, 0.25) is 0 Å². The average Bonchev–Trinajstić information content (AvgIpc) is 2.30. The molecule has 1 aliphatic rings. The van der Waals surface area contributed by atoms with Crippen LogP contribution in [0.1, 0.15) is 37.5 Å². The molecular weight excluding hydrogens is 242 g/mol. The normalized spacial score (nSPS) is 16.2. The Bertz CT molecular complexity index is 438. The third-order valence-corrected chi connectivity index (χ3v) is 3.55. The molecule has 0 unspecified atom stereocenters. The summed E-state index contributed by atoms with van der Waals surface area (Å²) < 4.78 is 0. The first-order chi connectivity index (χ1) is 8.45. The van der Waals surface area contributed by atoms with E-state index in [-0.39, 0.29) is 12.1 Å². The van der Waals surface area contributed by atoms with E-state index in [9.17, 15) is 0 Å². The lowest BCUT2D eigenvalue weighted by Crippen LogP contribution is -2.28. The number of aliphatic hydroxyl groups is 1. The SMILES string of the molecule is CCO.CSC1=NC(C)(C)Cc2c(C)cccc21. The maximum absolute atomic E-state index is 7.57. The summed E-state index contributed by atoms with van der Waals surface area (Å²) in [6, 6.07) is 6.50. The lowest BCUT2D eigenvalue weighted by molar-refractivity contribution is 0.318. The van der Waals surface area contributed by atoms with Crippen LogP contribution in [0.25, 0.3) is 0 Å². The lowest BCUT2D eigenvalue weighted by Gasteiger charge is -2.29. The summed E-state index contributed by atoms with van der Waals surface area (Å²) >= 11 is 1.75. The van der Waals surface area contributed by atoms with Crippen molar-refractivity contribution in [2.45, 2.75) is 39.7 Å². The van der Waals surface area contributed by atoms with Crippen molar-refractivity contribution in [3.05, 3.63) is 34.9 Å².